The summed E-state index contributed by atoms with van der Waals surface area (Å²) in [6.07, 6.45) is 0.0690. The van der Waals surface area contributed by atoms with Crippen LogP contribution in [0.5, 0.6) is 5.75 Å². The molecule has 1 aliphatic heterocycles. The van der Waals surface area contributed by atoms with Crippen molar-refractivity contribution in [3.63, 3.8) is 0 Å². The van der Waals surface area contributed by atoms with Crippen molar-refractivity contribution in [3.8, 4) is 5.75 Å². The lowest BCUT2D eigenvalue weighted by Gasteiger charge is -2.08. The van der Waals surface area contributed by atoms with E-state index in [4.69, 9.17) is 4.74 Å². The molecule has 6 nitrogen and oxygen atoms in total. The van der Waals surface area contributed by atoms with Gasteiger partial charge in [0.15, 0.2) is 5.17 Å². The fraction of sp³-hybridized carbons (Fsp3) is 0.250. The Morgan fingerprint density at radius 1 is 1.26 bits per heavy atom. The molecule has 0 bridgehead atoms. The number of rotatable bonds is 5. The van der Waals surface area contributed by atoms with Crippen LogP contribution in [0.2, 0.25) is 0 Å². The predicted octanol–water partition coefficient (Wildman–Crippen LogP) is 3.56. The third-order valence-electron chi connectivity index (χ3n) is 4.09. The SMILES string of the molecule is COc1cccc(NC(=O)C[C@H]2SC(=Nc3cc(C)ccc3C)NC2=O)c1. The summed E-state index contributed by atoms with van der Waals surface area (Å²) >= 11 is 1.28. The minimum absolute atomic E-state index is 0.0690. The lowest BCUT2D eigenvalue weighted by Crippen LogP contribution is -2.28. The number of carbonyl (C=O) groups is 2. The summed E-state index contributed by atoms with van der Waals surface area (Å²) in [7, 11) is 1.57. The smallest absolute Gasteiger partial charge is 0.240 e. The third-order valence-corrected chi connectivity index (χ3v) is 5.17. The number of aryl methyl sites for hydroxylation is 2. The van der Waals surface area contributed by atoms with E-state index < -0.39 is 5.25 Å². The number of nitrogens with zero attached hydrogens (tertiary/aromatic N) is 1. The molecule has 2 aromatic carbocycles. The maximum atomic E-state index is 12.3. The standard InChI is InChI=1S/C20H21N3O3S/c1-12-7-8-13(2)16(9-12)22-20-23-19(25)17(27-20)11-18(24)21-14-5-4-6-15(10-14)26-3/h4-10,17H,11H2,1-3H3,(H,21,24)(H,22,23,25)/t17-/m1/s1. The number of ether oxygens (including phenoxy) is 1. The van der Waals surface area contributed by atoms with Crippen LogP contribution in [0, 0.1) is 13.8 Å². The van der Waals surface area contributed by atoms with Gasteiger partial charge in [0.25, 0.3) is 0 Å². The number of anilines is 1. The molecule has 1 aliphatic rings. The van der Waals surface area contributed by atoms with Gasteiger partial charge < -0.3 is 15.4 Å². The van der Waals surface area contributed by atoms with E-state index in [1.807, 2.05) is 32.0 Å². The van der Waals surface area contributed by atoms with E-state index in [9.17, 15) is 9.59 Å². The Morgan fingerprint density at radius 2 is 2.07 bits per heavy atom. The summed E-state index contributed by atoms with van der Waals surface area (Å²) in [5, 5.41) is 5.57. The van der Waals surface area contributed by atoms with Gasteiger partial charge in [-0.15, -0.1) is 0 Å². The average molecular weight is 383 g/mol. The molecule has 1 fully saturated rings. The van der Waals surface area contributed by atoms with Crippen LogP contribution in [0.25, 0.3) is 0 Å². The average Bonchev–Trinajstić information content (AvgIpc) is 2.97. The van der Waals surface area contributed by atoms with Gasteiger partial charge in [-0.3, -0.25) is 9.59 Å². The fourth-order valence-electron chi connectivity index (χ4n) is 2.62. The summed E-state index contributed by atoms with van der Waals surface area (Å²) in [4.78, 5) is 29.0. The van der Waals surface area contributed by atoms with Gasteiger partial charge >= 0.3 is 0 Å². The van der Waals surface area contributed by atoms with E-state index >= 15 is 0 Å². The van der Waals surface area contributed by atoms with Crippen LogP contribution >= 0.6 is 11.8 Å². The quantitative estimate of drug-likeness (QED) is 0.827. The van der Waals surface area contributed by atoms with Gasteiger partial charge in [0, 0.05) is 18.2 Å². The largest absolute Gasteiger partial charge is 0.497 e. The van der Waals surface area contributed by atoms with Crippen molar-refractivity contribution in [1.82, 2.24) is 5.32 Å². The summed E-state index contributed by atoms with van der Waals surface area (Å²) in [5.74, 6) is 0.220. The highest BCUT2D eigenvalue weighted by Gasteiger charge is 2.32. The summed E-state index contributed by atoms with van der Waals surface area (Å²) in [5.41, 5.74) is 3.58. The zero-order valence-electron chi connectivity index (χ0n) is 15.4. The Balaban J connectivity index is 1.64. The molecule has 1 heterocycles. The van der Waals surface area contributed by atoms with Crippen molar-refractivity contribution in [2.24, 2.45) is 4.99 Å². The second-order valence-corrected chi connectivity index (χ2v) is 7.48. The molecule has 2 amide bonds. The van der Waals surface area contributed by atoms with Crippen molar-refractivity contribution in [3.05, 3.63) is 53.6 Å². The molecule has 1 atom stereocenters. The monoisotopic (exact) mass is 383 g/mol. The topological polar surface area (TPSA) is 79.8 Å². The Bertz CT molecular complexity index is 911. The van der Waals surface area contributed by atoms with E-state index in [0.717, 1.165) is 16.8 Å². The van der Waals surface area contributed by atoms with Crippen LogP contribution in [-0.4, -0.2) is 29.3 Å². The lowest BCUT2D eigenvalue weighted by molar-refractivity contribution is -0.122. The van der Waals surface area contributed by atoms with E-state index in [1.54, 1.807) is 31.4 Å². The molecule has 0 unspecified atom stereocenters. The minimum atomic E-state index is -0.500. The molecule has 7 heteroatoms. The molecule has 27 heavy (non-hydrogen) atoms. The first-order valence-corrected chi connectivity index (χ1v) is 9.40. The fourth-order valence-corrected chi connectivity index (χ4v) is 3.60. The molecule has 0 radical (unpaired) electrons. The molecule has 0 saturated carbocycles. The van der Waals surface area contributed by atoms with Gasteiger partial charge in [0.05, 0.1) is 12.8 Å². The minimum Gasteiger partial charge on any atom is -0.497 e. The first-order chi connectivity index (χ1) is 12.9. The van der Waals surface area contributed by atoms with Crippen LogP contribution in [0.15, 0.2) is 47.5 Å². The first kappa shape index (κ1) is 19.0. The normalized spacial score (nSPS) is 17.7. The van der Waals surface area contributed by atoms with Crippen LogP contribution in [-0.2, 0) is 9.59 Å². The molecule has 140 valence electrons. The summed E-state index contributed by atoms with van der Waals surface area (Å²) < 4.78 is 5.14. The molecule has 3 rings (SSSR count). The number of hydrogen-bond acceptors (Lipinski definition) is 5. The van der Waals surface area contributed by atoms with Crippen LogP contribution in [0.1, 0.15) is 17.5 Å². The number of amidine groups is 1. The van der Waals surface area contributed by atoms with Gasteiger partial charge in [-0.2, -0.15) is 0 Å². The maximum absolute atomic E-state index is 12.3. The van der Waals surface area contributed by atoms with E-state index in [0.29, 0.717) is 16.6 Å². The molecule has 2 aromatic rings. The van der Waals surface area contributed by atoms with Gasteiger partial charge in [-0.25, -0.2) is 4.99 Å². The number of hydrogen-bond donors (Lipinski definition) is 2. The summed E-state index contributed by atoms with van der Waals surface area (Å²) in [6, 6.07) is 13.1. The second kappa shape index (κ2) is 8.26. The maximum Gasteiger partial charge on any atom is 0.240 e. The second-order valence-electron chi connectivity index (χ2n) is 6.29. The zero-order valence-corrected chi connectivity index (χ0v) is 16.2. The highest BCUT2D eigenvalue weighted by molar-refractivity contribution is 8.15. The van der Waals surface area contributed by atoms with E-state index in [1.165, 1.54) is 11.8 Å². The predicted molar refractivity (Wildman–Crippen MR) is 109 cm³/mol. The van der Waals surface area contributed by atoms with Crippen molar-refractivity contribution in [2.45, 2.75) is 25.5 Å². The van der Waals surface area contributed by atoms with Crippen LogP contribution < -0.4 is 15.4 Å². The first-order valence-electron chi connectivity index (χ1n) is 8.52. The molecule has 0 aliphatic carbocycles. The lowest BCUT2D eigenvalue weighted by atomic mass is 10.1. The van der Waals surface area contributed by atoms with Crippen molar-refractivity contribution < 1.29 is 14.3 Å². The van der Waals surface area contributed by atoms with Gasteiger partial charge in [-0.05, 0) is 43.2 Å². The number of benzene rings is 2. The Hall–Kier alpha value is -2.80. The molecule has 1 saturated heterocycles. The molecule has 0 aromatic heterocycles. The van der Waals surface area contributed by atoms with Gasteiger partial charge in [-0.1, -0.05) is 30.0 Å². The summed E-state index contributed by atoms with van der Waals surface area (Å²) in [6.45, 7) is 3.97. The molecular weight excluding hydrogens is 362 g/mol. The highest BCUT2D eigenvalue weighted by Crippen LogP contribution is 2.27. The number of thioether (sulfide) groups is 1. The van der Waals surface area contributed by atoms with E-state index in [-0.39, 0.29) is 18.2 Å². The van der Waals surface area contributed by atoms with Crippen LogP contribution in [0.3, 0.4) is 0 Å². The molecule has 0 spiro atoms. The molecular formula is C20H21N3O3S. The molecule has 2 N–H and O–H groups in total. The van der Waals surface area contributed by atoms with Crippen LogP contribution in [0.4, 0.5) is 11.4 Å². The highest BCUT2D eigenvalue weighted by atomic mass is 32.2. The zero-order chi connectivity index (χ0) is 19.4. The number of aliphatic imine (C=N–C) groups is 1. The number of nitrogens with one attached hydrogen (secondary N) is 2. The Kier molecular flexibility index (Phi) is 5.81. The Labute approximate surface area is 162 Å². The number of amides is 2. The number of carbonyl (C=O) groups excluding carboxylic acids is 2. The van der Waals surface area contributed by atoms with E-state index in [2.05, 4.69) is 15.6 Å². The Morgan fingerprint density at radius 3 is 2.85 bits per heavy atom. The van der Waals surface area contributed by atoms with Crippen molar-refractivity contribution in [2.75, 3.05) is 12.4 Å². The third kappa shape index (κ3) is 4.89. The number of methoxy groups -OCH3 is 1. The van der Waals surface area contributed by atoms with Gasteiger partial charge in [0.2, 0.25) is 11.8 Å². The van der Waals surface area contributed by atoms with Crippen molar-refractivity contribution in [1.29, 1.82) is 0 Å². The van der Waals surface area contributed by atoms with Crippen molar-refractivity contribution >= 4 is 40.1 Å². The van der Waals surface area contributed by atoms with Gasteiger partial charge in [0.1, 0.15) is 11.0 Å².